The van der Waals surface area contributed by atoms with Gasteiger partial charge >= 0.3 is 0 Å². The average Bonchev–Trinajstić information content (AvgIpc) is 3.01. The van der Waals surface area contributed by atoms with Gasteiger partial charge in [0.25, 0.3) is 5.91 Å². The van der Waals surface area contributed by atoms with Crippen molar-refractivity contribution >= 4 is 16.8 Å². The van der Waals surface area contributed by atoms with Crippen LogP contribution in [0.4, 0.5) is 0 Å². The van der Waals surface area contributed by atoms with Gasteiger partial charge in [-0.25, -0.2) is 0 Å². The minimum Gasteiger partial charge on any atom is -0.490 e. The summed E-state index contributed by atoms with van der Waals surface area (Å²) in [7, 11) is 0. The standard InChI is InChI=1S/C21H29N3O2/c1-4-22-11-12-24-19-6-5-18(13-16(19)14-20(24)21(22)25)26-17-7-9-23(10-8-17)15(2)3/h5-6,13-15,17H,4,7-12H2,1-3H3. The molecule has 0 saturated carbocycles. The highest BCUT2D eigenvalue weighted by atomic mass is 16.5. The topological polar surface area (TPSA) is 37.7 Å². The van der Waals surface area contributed by atoms with E-state index in [0.717, 1.165) is 67.9 Å². The van der Waals surface area contributed by atoms with Crippen LogP contribution in [0.1, 0.15) is 44.1 Å². The number of rotatable bonds is 4. The summed E-state index contributed by atoms with van der Waals surface area (Å²) in [6.45, 7) is 11.2. The molecule has 0 N–H and O–H groups in total. The zero-order valence-electron chi connectivity index (χ0n) is 16.1. The van der Waals surface area contributed by atoms with Gasteiger partial charge in [0.1, 0.15) is 17.5 Å². The number of carbonyl (C=O) groups is 1. The molecule has 1 saturated heterocycles. The molecule has 140 valence electrons. The Morgan fingerprint density at radius 2 is 1.88 bits per heavy atom. The van der Waals surface area contributed by atoms with E-state index in [9.17, 15) is 4.79 Å². The second kappa shape index (κ2) is 6.95. The number of amides is 1. The normalized spacial score (nSPS) is 19.4. The summed E-state index contributed by atoms with van der Waals surface area (Å²) < 4.78 is 8.41. The van der Waals surface area contributed by atoms with Crippen LogP contribution in [0.2, 0.25) is 0 Å². The Morgan fingerprint density at radius 3 is 2.58 bits per heavy atom. The number of hydrogen-bond donors (Lipinski definition) is 0. The van der Waals surface area contributed by atoms with E-state index >= 15 is 0 Å². The predicted molar refractivity (Wildman–Crippen MR) is 104 cm³/mol. The molecule has 2 aliphatic rings. The SMILES string of the molecule is CCN1CCn2c(cc3cc(OC4CCN(C(C)C)CC4)ccc32)C1=O. The highest BCUT2D eigenvalue weighted by Crippen LogP contribution is 2.29. The fraction of sp³-hybridized carbons (Fsp3) is 0.571. The molecule has 0 aliphatic carbocycles. The van der Waals surface area contributed by atoms with Gasteiger partial charge in [-0.2, -0.15) is 0 Å². The van der Waals surface area contributed by atoms with Gasteiger partial charge < -0.3 is 19.1 Å². The molecule has 1 aromatic heterocycles. The second-order valence-electron chi connectivity index (χ2n) is 7.73. The summed E-state index contributed by atoms with van der Waals surface area (Å²) in [5.41, 5.74) is 1.93. The van der Waals surface area contributed by atoms with Crippen LogP contribution >= 0.6 is 0 Å². The van der Waals surface area contributed by atoms with Crippen molar-refractivity contribution in [3.63, 3.8) is 0 Å². The first kappa shape index (κ1) is 17.4. The molecule has 2 aliphatic heterocycles. The fourth-order valence-electron chi connectivity index (χ4n) is 4.23. The quantitative estimate of drug-likeness (QED) is 0.844. The van der Waals surface area contributed by atoms with Crippen LogP contribution in [0, 0.1) is 0 Å². The van der Waals surface area contributed by atoms with Gasteiger partial charge in [-0.15, -0.1) is 0 Å². The van der Waals surface area contributed by atoms with Crippen LogP contribution in [-0.2, 0) is 6.54 Å². The van der Waals surface area contributed by atoms with E-state index in [1.54, 1.807) is 0 Å². The lowest BCUT2D eigenvalue weighted by atomic mass is 10.1. The zero-order chi connectivity index (χ0) is 18.3. The molecule has 0 spiro atoms. The van der Waals surface area contributed by atoms with Gasteiger partial charge in [0.2, 0.25) is 0 Å². The smallest absolute Gasteiger partial charge is 0.270 e. The summed E-state index contributed by atoms with van der Waals surface area (Å²) >= 11 is 0. The van der Waals surface area contributed by atoms with Gasteiger partial charge in [-0.1, -0.05) is 0 Å². The number of carbonyl (C=O) groups excluding carboxylic acids is 1. The van der Waals surface area contributed by atoms with Crippen LogP contribution in [-0.4, -0.2) is 58.6 Å². The molecule has 0 unspecified atom stereocenters. The summed E-state index contributed by atoms with van der Waals surface area (Å²) in [4.78, 5) is 17.0. The summed E-state index contributed by atoms with van der Waals surface area (Å²) in [6, 6.07) is 8.89. The van der Waals surface area contributed by atoms with Gasteiger partial charge in [-0.05, 0) is 57.9 Å². The van der Waals surface area contributed by atoms with Crippen molar-refractivity contribution in [3.05, 3.63) is 30.0 Å². The number of benzene rings is 1. The predicted octanol–water partition coefficient (Wildman–Crippen LogP) is 3.37. The number of likely N-dealkylation sites (tertiary alicyclic amines) is 1. The van der Waals surface area contributed by atoms with Gasteiger partial charge in [0.05, 0.1) is 0 Å². The molecular weight excluding hydrogens is 326 g/mol. The highest BCUT2D eigenvalue weighted by Gasteiger charge is 2.26. The number of aromatic nitrogens is 1. The first-order valence-corrected chi connectivity index (χ1v) is 9.90. The third-order valence-corrected chi connectivity index (χ3v) is 5.86. The maximum atomic E-state index is 12.6. The molecule has 3 heterocycles. The van der Waals surface area contributed by atoms with Crippen molar-refractivity contribution < 1.29 is 9.53 Å². The van der Waals surface area contributed by atoms with Crippen molar-refractivity contribution in [3.8, 4) is 5.75 Å². The lowest BCUT2D eigenvalue weighted by Crippen LogP contribution is -2.41. The minimum atomic E-state index is 0.137. The van der Waals surface area contributed by atoms with E-state index in [2.05, 4.69) is 41.5 Å². The summed E-state index contributed by atoms with van der Waals surface area (Å²) in [5.74, 6) is 1.06. The first-order valence-electron chi connectivity index (χ1n) is 9.90. The largest absolute Gasteiger partial charge is 0.490 e. The number of nitrogens with zero attached hydrogens (tertiary/aromatic N) is 3. The van der Waals surface area contributed by atoms with Crippen molar-refractivity contribution in [1.82, 2.24) is 14.4 Å². The van der Waals surface area contributed by atoms with E-state index in [4.69, 9.17) is 4.74 Å². The highest BCUT2D eigenvalue weighted by molar-refractivity contribution is 5.99. The van der Waals surface area contributed by atoms with Crippen molar-refractivity contribution in [1.29, 1.82) is 0 Å². The van der Waals surface area contributed by atoms with Crippen LogP contribution in [0.5, 0.6) is 5.75 Å². The van der Waals surface area contributed by atoms with Crippen LogP contribution < -0.4 is 4.74 Å². The lowest BCUT2D eigenvalue weighted by molar-refractivity contribution is 0.0717. The Bertz CT molecular complexity index is 803. The molecule has 2 aromatic rings. The molecule has 1 aromatic carbocycles. The number of fused-ring (bicyclic) bond motifs is 3. The maximum absolute atomic E-state index is 12.6. The maximum Gasteiger partial charge on any atom is 0.270 e. The van der Waals surface area contributed by atoms with Crippen molar-refractivity contribution in [2.75, 3.05) is 26.2 Å². The summed E-state index contributed by atoms with van der Waals surface area (Å²) in [6.07, 6.45) is 2.44. The molecule has 1 fully saturated rings. The van der Waals surface area contributed by atoms with Crippen molar-refractivity contribution in [2.45, 2.75) is 52.3 Å². The van der Waals surface area contributed by atoms with E-state index in [0.29, 0.717) is 6.04 Å². The number of ether oxygens (including phenoxy) is 1. The van der Waals surface area contributed by atoms with Crippen LogP contribution in [0.3, 0.4) is 0 Å². The fourth-order valence-corrected chi connectivity index (χ4v) is 4.23. The monoisotopic (exact) mass is 355 g/mol. The Hall–Kier alpha value is -2.01. The molecule has 0 bridgehead atoms. The Balaban J connectivity index is 1.51. The molecule has 5 nitrogen and oxygen atoms in total. The van der Waals surface area contributed by atoms with Crippen LogP contribution in [0.15, 0.2) is 24.3 Å². The molecule has 1 amide bonds. The minimum absolute atomic E-state index is 0.137. The molecule has 0 radical (unpaired) electrons. The van der Waals surface area contributed by atoms with Gasteiger partial charge in [-0.3, -0.25) is 4.79 Å². The molecule has 5 heteroatoms. The Morgan fingerprint density at radius 1 is 1.12 bits per heavy atom. The Labute approximate surface area is 155 Å². The van der Waals surface area contributed by atoms with Crippen molar-refractivity contribution in [2.24, 2.45) is 0 Å². The zero-order valence-corrected chi connectivity index (χ0v) is 16.1. The third kappa shape index (κ3) is 3.09. The van der Waals surface area contributed by atoms with E-state index in [1.165, 1.54) is 0 Å². The molecular formula is C21H29N3O2. The second-order valence-corrected chi connectivity index (χ2v) is 7.73. The van der Waals surface area contributed by atoms with E-state index < -0.39 is 0 Å². The number of piperidine rings is 1. The first-order chi connectivity index (χ1) is 12.6. The molecule has 26 heavy (non-hydrogen) atoms. The molecule has 4 rings (SSSR count). The lowest BCUT2D eigenvalue weighted by Gasteiger charge is -2.34. The number of hydrogen-bond acceptors (Lipinski definition) is 3. The van der Waals surface area contributed by atoms with Gasteiger partial charge in [0, 0.05) is 49.7 Å². The third-order valence-electron chi connectivity index (χ3n) is 5.86. The average molecular weight is 355 g/mol. The Kier molecular flexibility index (Phi) is 4.65. The van der Waals surface area contributed by atoms with E-state index in [1.807, 2.05) is 17.9 Å². The van der Waals surface area contributed by atoms with E-state index in [-0.39, 0.29) is 12.0 Å². The van der Waals surface area contributed by atoms with Crippen LogP contribution in [0.25, 0.3) is 10.9 Å². The molecule has 0 atom stereocenters. The number of likely N-dealkylation sites (N-methyl/N-ethyl adjacent to an activating group) is 1. The van der Waals surface area contributed by atoms with Gasteiger partial charge in [0.15, 0.2) is 0 Å². The summed E-state index contributed by atoms with van der Waals surface area (Å²) in [5, 5.41) is 1.10.